The lowest BCUT2D eigenvalue weighted by atomic mass is 10.0. The van der Waals surface area contributed by atoms with Gasteiger partial charge in [-0.15, -0.1) is 0 Å². The minimum atomic E-state index is 0.0546. The Bertz CT molecular complexity index is 452. The maximum atomic E-state index is 12.1. The molecule has 0 bridgehead atoms. The molecule has 18 heavy (non-hydrogen) atoms. The minimum Gasteiger partial charge on any atom is -0.351 e. The van der Waals surface area contributed by atoms with E-state index in [1.165, 1.54) is 24.0 Å². The molecule has 1 saturated carbocycles. The zero-order chi connectivity index (χ0) is 13.2. The zero-order valence-corrected chi connectivity index (χ0v) is 12.6. The van der Waals surface area contributed by atoms with Gasteiger partial charge >= 0.3 is 0 Å². The average Bonchev–Trinajstić information content (AvgIpc) is 3.11. The first-order chi connectivity index (χ1) is 8.56. The van der Waals surface area contributed by atoms with Crippen LogP contribution in [-0.4, -0.2) is 17.8 Å². The summed E-state index contributed by atoms with van der Waals surface area (Å²) in [7, 11) is 0. The lowest BCUT2D eigenvalue weighted by molar-refractivity contribution is 0.0944. The van der Waals surface area contributed by atoms with Gasteiger partial charge in [-0.1, -0.05) is 22.0 Å². The number of benzene rings is 1. The molecule has 1 amide bonds. The van der Waals surface area contributed by atoms with Crippen molar-refractivity contribution in [2.24, 2.45) is 5.41 Å². The SMILES string of the molecule is Cc1ccc(C(=O)NCC2(CCBr)CC2)cc1C. The van der Waals surface area contributed by atoms with E-state index in [0.29, 0.717) is 5.41 Å². The Kier molecular flexibility index (Phi) is 4.10. The van der Waals surface area contributed by atoms with Crippen LogP contribution in [0.4, 0.5) is 0 Å². The molecule has 1 N–H and O–H groups in total. The first-order valence-electron chi connectivity index (χ1n) is 6.48. The number of hydrogen-bond acceptors (Lipinski definition) is 1. The number of rotatable bonds is 5. The van der Waals surface area contributed by atoms with Gasteiger partial charge in [-0.2, -0.15) is 0 Å². The quantitative estimate of drug-likeness (QED) is 0.827. The van der Waals surface area contributed by atoms with Gasteiger partial charge in [-0.25, -0.2) is 0 Å². The molecule has 1 fully saturated rings. The van der Waals surface area contributed by atoms with E-state index in [0.717, 1.165) is 23.9 Å². The van der Waals surface area contributed by atoms with Crippen LogP contribution >= 0.6 is 15.9 Å². The molecular formula is C15H20BrNO. The van der Waals surface area contributed by atoms with Crippen molar-refractivity contribution in [3.63, 3.8) is 0 Å². The lowest BCUT2D eigenvalue weighted by Gasteiger charge is -2.14. The topological polar surface area (TPSA) is 29.1 Å². The molecule has 0 unspecified atom stereocenters. The average molecular weight is 310 g/mol. The second-order valence-corrected chi connectivity index (χ2v) is 6.21. The largest absolute Gasteiger partial charge is 0.351 e. The molecule has 0 aliphatic heterocycles. The summed E-state index contributed by atoms with van der Waals surface area (Å²) in [4.78, 5) is 12.1. The molecule has 2 nitrogen and oxygen atoms in total. The number of aryl methyl sites for hydroxylation is 2. The van der Waals surface area contributed by atoms with E-state index in [4.69, 9.17) is 0 Å². The maximum Gasteiger partial charge on any atom is 0.251 e. The molecule has 1 aliphatic carbocycles. The van der Waals surface area contributed by atoms with Crippen LogP contribution in [0.3, 0.4) is 0 Å². The van der Waals surface area contributed by atoms with Gasteiger partial charge in [-0.3, -0.25) is 4.79 Å². The monoisotopic (exact) mass is 309 g/mol. The fourth-order valence-electron chi connectivity index (χ4n) is 2.14. The zero-order valence-electron chi connectivity index (χ0n) is 11.1. The van der Waals surface area contributed by atoms with Gasteiger partial charge in [0, 0.05) is 17.4 Å². The van der Waals surface area contributed by atoms with Crippen molar-refractivity contribution in [3.8, 4) is 0 Å². The van der Waals surface area contributed by atoms with Crippen LogP contribution in [0.25, 0.3) is 0 Å². The minimum absolute atomic E-state index is 0.0546. The van der Waals surface area contributed by atoms with Gasteiger partial charge in [0.25, 0.3) is 5.91 Å². The molecular weight excluding hydrogens is 290 g/mol. The molecule has 0 radical (unpaired) electrons. The molecule has 0 saturated heterocycles. The number of alkyl halides is 1. The highest BCUT2D eigenvalue weighted by atomic mass is 79.9. The van der Waals surface area contributed by atoms with Gasteiger partial charge in [0.05, 0.1) is 0 Å². The van der Waals surface area contributed by atoms with E-state index in [2.05, 4.69) is 28.2 Å². The van der Waals surface area contributed by atoms with Crippen molar-refractivity contribution in [2.45, 2.75) is 33.1 Å². The molecule has 98 valence electrons. The first kappa shape index (κ1) is 13.6. The fraction of sp³-hybridized carbons (Fsp3) is 0.533. The first-order valence-corrected chi connectivity index (χ1v) is 7.60. The second-order valence-electron chi connectivity index (χ2n) is 5.42. The highest BCUT2D eigenvalue weighted by molar-refractivity contribution is 9.09. The lowest BCUT2D eigenvalue weighted by Crippen LogP contribution is -2.30. The maximum absolute atomic E-state index is 12.1. The number of hydrogen-bond donors (Lipinski definition) is 1. The van der Waals surface area contributed by atoms with E-state index in [-0.39, 0.29) is 5.91 Å². The molecule has 0 aromatic heterocycles. The molecule has 1 aromatic carbocycles. The van der Waals surface area contributed by atoms with E-state index < -0.39 is 0 Å². The standard InChI is InChI=1S/C15H20BrNO/c1-11-3-4-13(9-12(11)2)14(18)17-10-15(5-6-15)7-8-16/h3-4,9H,5-8,10H2,1-2H3,(H,17,18). The Hall–Kier alpha value is -0.830. The molecule has 2 rings (SSSR count). The van der Waals surface area contributed by atoms with Crippen LogP contribution < -0.4 is 5.32 Å². The predicted molar refractivity (Wildman–Crippen MR) is 78.3 cm³/mol. The van der Waals surface area contributed by atoms with Crippen LogP contribution in [-0.2, 0) is 0 Å². The van der Waals surface area contributed by atoms with Gasteiger partial charge < -0.3 is 5.32 Å². The normalized spacial score (nSPS) is 16.4. The Morgan fingerprint density at radius 2 is 2.06 bits per heavy atom. The third-order valence-electron chi connectivity index (χ3n) is 3.97. The van der Waals surface area contributed by atoms with Gasteiger partial charge in [0.1, 0.15) is 0 Å². The number of carbonyl (C=O) groups excluding carboxylic acids is 1. The Labute approximate surface area is 117 Å². The molecule has 1 aliphatic rings. The summed E-state index contributed by atoms with van der Waals surface area (Å²) in [6.45, 7) is 4.91. The smallest absolute Gasteiger partial charge is 0.251 e. The molecule has 0 heterocycles. The predicted octanol–water partition coefficient (Wildman–Crippen LogP) is 3.60. The van der Waals surface area contributed by atoms with E-state index in [1.807, 2.05) is 25.1 Å². The molecule has 0 spiro atoms. The van der Waals surface area contributed by atoms with Gasteiger partial charge in [0.15, 0.2) is 0 Å². The van der Waals surface area contributed by atoms with Crippen molar-refractivity contribution in [2.75, 3.05) is 11.9 Å². The van der Waals surface area contributed by atoms with Crippen LogP contribution in [0.15, 0.2) is 18.2 Å². The Balaban J connectivity index is 1.93. The van der Waals surface area contributed by atoms with E-state index in [1.54, 1.807) is 0 Å². The summed E-state index contributed by atoms with van der Waals surface area (Å²) in [6, 6.07) is 5.88. The molecule has 3 heteroatoms. The van der Waals surface area contributed by atoms with Crippen molar-refractivity contribution in [1.82, 2.24) is 5.32 Å². The molecule has 1 aromatic rings. The van der Waals surface area contributed by atoms with E-state index in [9.17, 15) is 4.79 Å². The van der Waals surface area contributed by atoms with Crippen molar-refractivity contribution in [3.05, 3.63) is 34.9 Å². The van der Waals surface area contributed by atoms with Gasteiger partial charge in [0.2, 0.25) is 0 Å². The fourth-order valence-corrected chi connectivity index (χ4v) is 2.99. The highest BCUT2D eigenvalue weighted by Gasteiger charge is 2.41. The van der Waals surface area contributed by atoms with Crippen LogP contribution in [0.5, 0.6) is 0 Å². The van der Waals surface area contributed by atoms with E-state index >= 15 is 0 Å². The number of amides is 1. The van der Waals surface area contributed by atoms with Crippen molar-refractivity contribution < 1.29 is 4.79 Å². The third-order valence-corrected chi connectivity index (χ3v) is 4.37. The second kappa shape index (κ2) is 5.43. The highest BCUT2D eigenvalue weighted by Crippen LogP contribution is 2.48. The summed E-state index contributed by atoms with van der Waals surface area (Å²) in [5.74, 6) is 0.0546. The van der Waals surface area contributed by atoms with Crippen LogP contribution in [0, 0.1) is 19.3 Å². The van der Waals surface area contributed by atoms with Gasteiger partial charge in [-0.05, 0) is 61.8 Å². The van der Waals surface area contributed by atoms with Crippen molar-refractivity contribution >= 4 is 21.8 Å². The summed E-state index contributed by atoms with van der Waals surface area (Å²) >= 11 is 3.48. The van der Waals surface area contributed by atoms with Crippen LogP contribution in [0.2, 0.25) is 0 Å². The number of halogens is 1. The Morgan fingerprint density at radius 1 is 1.33 bits per heavy atom. The summed E-state index contributed by atoms with van der Waals surface area (Å²) in [6.07, 6.45) is 3.64. The summed E-state index contributed by atoms with van der Waals surface area (Å²) in [5, 5.41) is 4.09. The summed E-state index contributed by atoms with van der Waals surface area (Å²) in [5.41, 5.74) is 3.54. The van der Waals surface area contributed by atoms with Crippen LogP contribution in [0.1, 0.15) is 40.7 Å². The molecule has 0 atom stereocenters. The summed E-state index contributed by atoms with van der Waals surface area (Å²) < 4.78 is 0. The Morgan fingerprint density at radius 3 is 2.61 bits per heavy atom. The third kappa shape index (κ3) is 3.14. The number of nitrogens with one attached hydrogen (secondary N) is 1. The van der Waals surface area contributed by atoms with Crippen molar-refractivity contribution in [1.29, 1.82) is 0 Å². The number of carbonyl (C=O) groups is 1.